The van der Waals surface area contributed by atoms with Gasteiger partial charge in [0.2, 0.25) is 0 Å². The van der Waals surface area contributed by atoms with Gasteiger partial charge in [0, 0.05) is 19.8 Å². The first-order valence-electron chi connectivity index (χ1n) is 6.27. The van der Waals surface area contributed by atoms with E-state index in [1.807, 2.05) is 0 Å². The number of amides is 2. The van der Waals surface area contributed by atoms with Gasteiger partial charge in [-0.25, -0.2) is 4.79 Å². The number of unbranched alkanes of at least 4 members (excludes halogenated alkanes) is 2. The van der Waals surface area contributed by atoms with Crippen molar-refractivity contribution in [1.29, 1.82) is 0 Å². The summed E-state index contributed by atoms with van der Waals surface area (Å²) in [5, 5.41) is 5.35. The lowest BCUT2D eigenvalue weighted by atomic mass is 10.2. The van der Waals surface area contributed by atoms with E-state index < -0.39 is 0 Å². The third-order valence-corrected chi connectivity index (χ3v) is 2.78. The molecule has 100 valence electrons. The Morgan fingerprint density at radius 3 is 2.78 bits per heavy atom. The highest BCUT2D eigenvalue weighted by atomic mass is 16.2. The maximum Gasteiger partial charge on any atom is 0.319 e. The Balaban J connectivity index is 2.60. The number of carbonyl (C=O) groups is 1. The van der Waals surface area contributed by atoms with E-state index in [0.717, 1.165) is 24.8 Å². The first kappa shape index (κ1) is 14.3. The molecule has 0 aliphatic heterocycles. The lowest BCUT2D eigenvalue weighted by Gasteiger charge is -2.10. The molecule has 1 rings (SSSR count). The highest BCUT2D eigenvalue weighted by Gasteiger charge is 2.08. The van der Waals surface area contributed by atoms with Crippen molar-refractivity contribution in [2.75, 3.05) is 11.9 Å². The van der Waals surface area contributed by atoms with Crippen molar-refractivity contribution in [2.45, 2.75) is 33.1 Å². The SMILES string of the molecule is CCCCCNC(=O)Nc1c(C)ccn(C)c1=O. The fourth-order valence-electron chi connectivity index (χ4n) is 1.61. The second-order valence-electron chi connectivity index (χ2n) is 4.38. The normalized spacial score (nSPS) is 10.2. The number of pyridine rings is 1. The highest BCUT2D eigenvalue weighted by molar-refractivity contribution is 5.89. The largest absolute Gasteiger partial charge is 0.338 e. The Morgan fingerprint density at radius 2 is 2.11 bits per heavy atom. The molecule has 2 N–H and O–H groups in total. The molecule has 0 saturated carbocycles. The molecule has 0 bridgehead atoms. The summed E-state index contributed by atoms with van der Waals surface area (Å²) in [5.74, 6) is 0. The third-order valence-electron chi connectivity index (χ3n) is 2.78. The van der Waals surface area contributed by atoms with Crippen LogP contribution in [0.25, 0.3) is 0 Å². The van der Waals surface area contributed by atoms with Crippen LogP contribution in [0.4, 0.5) is 10.5 Å². The number of nitrogens with zero attached hydrogens (tertiary/aromatic N) is 1. The smallest absolute Gasteiger partial charge is 0.319 e. The minimum absolute atomic E-state index is 0.196. The average molecular weight is 251 g/mol. The highest BCUT2D eigenvalue weighted by Crippen LogP contribution is 2.06. The predicted octanol–water partition coefficient (Wildman–Crippen LogP) is 2.01. The summed E-state index contributed by atoms with van der Waals surface area (Å²) < 4.78 is 1.44. The van der Waals surface area contributed by atoms with Crippen LogP contribution in [0, 0.1) is 6.92 Å². The van der Waals surface area contributed by atoms with E-state index in [-0.39, 0.29) is 11.6 Å². The summed E-state index contributed by atoms with van der Waals surface area (Å²) in [6.45, 7) is 4.54. The molecule has 0 saturated heterocycles. The molecule has 0 fully saturated rings. The number of urea groups is 1. The van der Waals surface area contributed by atoms with Gasteiger partial charge in [-0.3, -0.25) is 4.79 Å². The second kappa shape index (κ2) is 6.83. The molecule has 0 unspecified atom stereocenters. The van der Waals surface area contributed by atoms with Crippen molar-refractivity contribution in [3.05, 3.63) is 28.2 Å². The molecule has 1 aromatic heterocycles. The molecular formula is C13H21N3O2. The van der Waals surface area contributed by atoms with Crippen LogP contribution in [0.1, 0.15) is 31.7 Å². The summed E-state index contributed by atoms with van der Waals surface area (Å²) >= 11 is 0. The lowest BCUT2D eigenvalue weighted by Crippen LogP contribution is -2.33. The van der Waals surface area contributed by atoms with E-state index in [0.29, 0.717) is 12.2 Å². The number of rotatable bonds is 5. The Labute approximate surface area is 107 Å². The fraction of sp³-hybridized carbons (Fsp3) is 0.538. The maximum absolute atomic E-state index is 11.8. The minimum atomic E-state index is -0.322. The van der Waals surface area contributed by atoms with E-state index in [2.05, 4.69) is 17.6 Å². The van der Waals surface area contributed by atoms with Crippen molar-refractivity contribution < 1.29 is 4.79 Å². The average Bonchev–Trinajstić information content (AvgIpc) is 2.35. The Kier molecular flexibility index (Phi) is 5.42. The van der Waals surface area contributed by atoms with Crippen LogP contribution in [0.2, 0.25) is 0 Å². The maximum atomic E-state index is 11.8. The Morgan fingerprint density at radius 1 is 1.39 bits per heavy atom. The number of anilines is 1. The number of aromatic nitrogens is 1. The minimum Gasteiger partial charge on any atom is -0.338 e. The van der Waals surface area contributed by atoms with E-state index in [1.54, 1.807) is 26.2 Å². The molecule has 5 heteroatoms. The van der Waals surface area contributed by atoms with Gasteiger partial charge in [-0.05, 0) is 25.0 Å². The zero-order chi connectivity index (χ0) is 13.5. The Hall–Kier alpha value is -1.78. The second-order valence-corrected chi connectivity index (χ2v) is 4.38. The predicted molar refractivity (Wildman–Crippen MR) is 73.0 cm³/mol. The van der Waals surface area contributed by atoms with Gasteiger partial charge in [-0.1, -0.05) is 19.8 Å². The van der Waals surface area contributed by atoms with Crippen LogP contribution >= 0.6 is 0 Å². The fourth-order valence-corrected chi connectivity index (χ4v) is 1.61. The molecule has 18 heavy (non-hydrogen) atoms. The van der Waals surface area contributed by atoms with Gasteiger partial charge in [-0.15, -0.1) is 0 Å². The van der Waals surface area contributed by atoms with Gasteiger partial charge in [0.1, 0.15) is 5.69 Å². The van der Waals surface area contributed by atoms with E-state index in [4.69, 9.17) is 0 Å². The summed E-state index contributed by atoms with van der Waals surface area (Å²) in [7, 11) is 1.66. The number of hydrogen-bond acceptors (Lipinski definition) is 2. The zero-order valence-electron chi connectivity index (χ0n) is 11.2. The standard InChI is InChI=1S/C13H21N3O2/c1-4-5-6-8-14-13(18)15-11-10(2)7-9-16(3)12(11)17/h7,9H,4-6,8H2,1-3H3,(H2,14,15,18). The van der Waals surface area contributed by atoms with Crippen LogP contribution in [-0.2, 0) is 7.05 Å². The van der Waals surface area contributed by atoms with Gasteiger partial charge >= 0.3 is 6.03 Å². The van der Waals surface area contributed by atoms with Crippen LogP contribution in [0.5, 0.6) is 0 Å². The van der Waals surface area contributed by atoms with E-state index >= 15 is 0 Å². The van der Waals surface area contributed by atoms with Crippen LogP contribution in [-0.4, -0.2) is 17.1 Å². The monoisotopic (exact) mass is 251 g/mol. The van der Waals surface area contributed by atoms with Crippen molar-refractivity contribution in [3.63, 3.8) is 0 Å². The topological polar surface area (TPSA) is 63.1 Å². The quantitative estimate of drug-likeness (QED) is 0.786. The molecule has 1 aromatic rings. The molecule has 0 aliphatic rings. The molecule has 0 aliphatic carbocycles. The third kappa shape index (κ3) is 3.91. The van der Waals surface area contributed by atoms with Crippen LogP contribution in [0.3, 0.4) is 0 Å². The first-order chi connectivity index (χ1) is 8.56. The molecule has 1 heterocycles. The number of carbonyl (C=O) groups excluding carboxylic acids is 1. The molecule has 0 spiro atoms. The zero-order valence-corrected chi connectivity index (χ0v) is 11.2. The van der Waals surface area contributed by atoms with Gasteiger partial charge in [0.15, 0.2) is 0 Å². The number of nitrogens with one attached hydrogen (secondary N) is 2. The summed E-state index contributed by atoms with van der Waals surface area (Å²) in [5.41, 5.74) is 0.911. The van der Waals surface area contributed by atoms with Gasteiger partial charge in [0.05, 0.1) is 0 Å². The van der Waals surface area contributed by atoms with Crippen molar-refractivity contribution >= 4 is 11.7 Å². The molecule has 2 amide bonds. The summed E-state index contributed by atoms with van der Waals surface area (Å²) in [6.07, 6.45) is 4.84. The first-order valence-corrected chi connectivity index (χ1v) is 6.27. The number of aryl methyl sites for hydroxylation is 2. The van der Waals surface area contributed by atoms with Crippen LogP contribution < -0.4 is 16.2 Å². The molecule has 5 nitrogen and oxygen atoms in total. The molecular weight excluding hydrogens is 230 g/mol. The molecule has 0 atom stereocenters. The molecule has 0 aromatic carbocycles. The van der Waals surface area contributed by atoms with Crippen LogP contribution in [0.15, 0.2) is 17.1 Å². The van der Waals surface area contributed by atoms with E-state index in [9.17, 15) is 9.59 Å². The molecule has 0 radical (unpaired) electrons. The van der Waals surface area contributed by atoms with E-state index in [1.165, 1.54) is 4.57 Å². The van der Waals surface area contributed by atoms with Crippen molar-refractivity contribution in [3.8, 4) is 0 Å². The Bertz CT molecular complexity index is 466. The van der Waals surface area contributed by atoms with Crippen molar-refractivity contribution in [2.24, 2.45) is 7.05 Å². The van der Waals surface area contributed by atoms with Crippen molar-refractivity contribution in [1.82, 2.24) is 9.88 Å². The van der Waals surface area contributed by atoms with Gasteiger partial charge in [0.25, 0.3) is 5.56 Å². The number of hydrogen-bond donors (Lipinski definition) is 2. The summed E-state index contributed by atoms with van der Waals surface area (Å²) in [6, 6.07) is 1.48. The lowest BCUT2D eigenvalue weighted by molar-refractivity contribution is 0.252. The van der Waals surface area contributed by atoms with Gasteiger partial charge < -0.3 is 15.2 Å². The summed E-state index contributed by atoms with van der Waals surface area (Å²) in [4.78, 5) is 23.4. The van der Waals surface area contributed by atoms with Gasteiger partial charge in [-0.2, -0.15) is 0 Å².